The average Bonchev–Trinajstić information content (AvgIpc) is 2.33. The van der Waals surface area contributed by atoms with Crippen LogP contribution in [0.1, 0.15) is 39.0 Å². The number of hydrogen-bond donors (Lipinski definition) is 0. The fourth-order valence-corrected chi connectivity index (χ4v) is 3.93. The molecule has 3 rings (SSSR count). The van der Waals surface area contributed by atoms with Crippen molar-refractivity contribution in [3.05, 3.63) is 0 Å². The van der Waals surface area contributed by atoms with Gasteiger partial charge in [0.25, 0.3) is 0 Å². The Labute approximate surface area is 63.0 Å². The standard InChI is InChI=1S/C10H16/c1-7-2-8-3-9-6-10(9,4-7)5-8/h7-9H,2-6H2,1H3/t7?,8?,9-,10?/m0/s1. The lowest BCUT2D eigenvalue weighted by atomic mass is 9.77. The van der Waals surface area contributed by atoms with Gasteiger partial charge in [0.05, 0.1) is 0 Å². The maximum atomic E-state index is 2.45. The Kier molecular flexibility index (Phi) is 0.810. The van der Waals surface area contributed by atoms with Crippen LogP contribution in [0.5, 0.6) is 0 Å². The fourth-order valence-electron chi connectivity index (χ4n) is 3.93. The van der Waals surface area contributed by atoms with Gasteiger partial charge in [-0.3, -0.25) is 0 Å². The molecular formula is C10H16. The summed E-state index contributed by atoms with van der Waals surface area (Å²) in [6.45, 7) is 2.45. The van der Waals surface area contributed by atoms with Crippen molar-refractivity contribution in [1.29, 1.82) is 0 Å². The van der Waals surface area contributed by atoms with Gasteiger partial charge in [-0.2, -0.15) is 0 Å². The maximum Gasteiger partial charge on any atom is -0.0261 e. The number of fused-ring (bicyclic) bond motifs is 1. The lowest BCUT2D eigenvalue weighted by molar-refractivity contribution is 0.230. The molecule has 3 saturated carbocycles. The first-order valence-corrected chi connectivity index (χ1v) is 4.78. The van der Waals surface area contributed by atoms with E-state index < -0.39 is 0 Å². The largest absolute Gasteiger partial charge is 0.0625 e. The van der Waals surface area contributed by atoms with Gasteiger partial charge in [0.2, 0.25) is 0 Å². The predicted molar refractivity (Wildman–Crippen MR) is 41.7 cm³/mol. The minimum absolute atomic E-state index is 0.933. The number of hydrogen-bond acceptors (Lipinski definition) is 0. The average molecular weight is 136 g/mol. The highest BCUT2D eigenvalue weighted by molar-refractivity contribution is 5.11. The van der Waals surface area contributed by atoms with Gasteiger partial charge in [-0.15, -0.1) is 0 Å². The first-order chi connectivity index (χ1) is 4.78. The zero-order valence-electron chi connectivity index (χ0n) is 6.77. The van der Waals surface area contributed by atoms with Crippen molar-refractivity contribution in [2.45, 2.75) is 39.0 Å². The molecular weight excluding hydrogens is 120 g/mol. The molecule has 0 nitrogen and oxygen atoms in total. The van der Waals surface area contributed by atoms with Gasteiger partial charge in [0.15, 0.2) is 0 Å². The van der Waals surface area contributed by atoms with E-state index in [2.05, 4.69) is 6.92 Å². The minimum atomic E-state index is 0.933. The number of rotatable bonds is 0. The zero-order valence-corrected chi connectivity index (χ0v) is 6.77. The second kappa shape index (κ2) is 1.44. The summed E-state index contributed by atoms with van der Waals surface area (Å²) in [6, 6.07) is 0. The third-order valence-electron chi connectivity index (χ3n) is 4.16. The van der Waals surface area contributed by atoms with Gasteiger partial charge >= 0.3 is 0 Å². The van der Waals surface area contributed by atoms with Crippen LogP contribution in [-0.2, 0) is 0 Å². The van der Waals surface area contributed by atoms with Crippen LogP contribution in [-0.4, -0.2) is 0 Å². The summed E-state index contributed by atoms with van der Waals surface area (Å²) >= 11 is 0. The van der Waals surface area contributed by atoms with Crippen LogP contribution in [0.25, 0.3) is 0 Å². The molecule has 0 aliphatic heterocycles. The van der Waals surface area contributed by atoms with E-state index in [0.717, 1.165) is 17.3 Å². The molecule has 2 bridgehead atoms. The maximum absolute atomic E-state index is 2.45. The van der Waals surface area contributed by atoms with Crippen molar-refractivity contribution in [3.8, 4) is 0 Å². The second-order valence-electron chi connectivity index (χ2n) is 5.11. The Hall–Kier alpha value is 0. The van der Waals surface area contributed by atoms with Gasteiger partial charge in [0.1, 0.15) is 0 Å². The summed E-state index contributed by atoms with van der Waals surface area (Å²) in [7, 11) is 0. The molecule has 0 amide bonds. The van der Waals surface area contributed by atoms with Crippen molar-refractivity contribution < 1.29 is 0 Å². The molecule has 3 aliphatic carbocycles. The third kappa shape index (κ3) is 0.538. The van der Waals surface area contributed by atoms with Gasteiger partial charge in [0, 0.05) is 0 Å². The fraction of sp³-hybridized carbons (Fsp3) is 1.00. The van der Waals surface area contributed by atoms with Crippen LogP contribution < -0.4 is 0 Å². The lowest BCUT2D eigenvalue weighted by Gasteiger charge is -2.28. The lowest BCUT2D eigenvalue weighted by Crippen LogP contribution is -2.17. The van der Waals surface area contributed by atoms with E-state index in [1.165, 1.54) is 5.92 Å². The summed E-state index contributed by atoms with van der Waals surface area (Å²) < 4.78 is 0. The topological polar surface area (TPSA) is 0 Å². The quantitative estimate of drug-likeness (QED) is 0.480. The predicted octanol–water partition coefficient (Wildman–Crippen LogP) is 2.83. The van der Waals surface area contributed by atoms with E-state index in [1.54, 1.807) is 32.1 Å². The molecule has 10 heavy (non-hydrogen) atoms. The first kappa shape index (κ1) is 5.62. The first-order valence-electron chi connectivity index (χ1n) is 4.78. The Balaban J connectivity index is 1.91. The van der Waals surface area contributed by atoms with Gasteiger partial charge < -0.3 is 0 Å². The molecule has 0 heterocycles. The van der Waals surface area contributed by atoms with Crippen LogP contribution >= 0.6 is 0 Å². The van der Waals surface area contributed by atoms with Crippen LogP contribution in [0.15, 0.2) is 0 Å². The normalized spacial score (nSPS) is 63.9. The van der Waals surface area contributed by atoms with Gasteiger partial charge in [-0.05, 0) is 55.3 Å². The second-order valence-corrected chi connectivity index (χ2v) is 5.11. The van der Waals surface area contributed by atoms with E-state index >= 15 is 0 Å². The molecule has 3 fully saturated rings. The molecule has 4 atom stereocenters. The third-order valence-corrected chi connectivity index (χ3v) is 4.16. The van der Waals surface area contributed by atoms with Crippen molar-refractivity contribution >= 4 is 0 Å². The van der Waals surface area contributed by atoms with Crippen molar-refractivity contribution in [2.75, 3.05) is 0 Å². The highest BCUT2D eigenvalue weighted by Gasteiger charge is 2.61. The van der Waals surface area contributed by atoms with Gasteiger partial charge in [-0.1, -0.05) is 6.92 Å². The molecule has 56 valence electrons. The van der Waals surface area contributed by atoms with E-state index in [9.17, 15) is 0 Å². The van der Waals surface area contributed by atoms with Crippen LogP contribution in [0.4, 0.5) is 0 Å². The molecule has 3 aliphatic rings. The zero-order chi connectivity index (χ0) is 6.77. The van der Waals surface area contributed by atoms with Crippen molar-refractivity contribution in [2.24, 2.45) is 23.2 Å². The smallest absolute Gasteiger partial charge is 0.0261 e. The van der Waals surface area contributed by atoms with Crippen LogP contribution in [0.3, 0.4) is 0 Å². The molecule has 0 aromatic rings. The van der Waals surface area contributed by atoms with Crippen molar-refractivity contribution in [1.82, 2.24) is 0 Å². The minimum Gasteiger partial charge on any atom is -0.0625 e. The highest BCUT2D eigenvalue weighted by atomic mass is 14.7. The summed E-state index contributed by atoms with van der Waals surface area (Å²) in [5.41, 5.74) is 0.933. The molecule has 1 spiro atoms. The Morgan fingerprint density at radius 2 is 2.00 bits per heavy atom. The Bertz CT molecular complexity index is 171. The molecule has 0 heteroatoms. The van der Waals surface area contributed by atoms with Crippen LogP contribution in [0.2, 0.25) is 0 Å². The van der Waals surface area contributed by atoms with Crippen LogP contribution in [0, 0.1) is 23.2 Å². The van der Waals surface area contributed by atoms with E-state index in [4.69, 9.17) is 0 Å². The van der Waals surface area contributed by atoms with Gasteiger partial charge in [-0.25, -0.2) is 0 Å². The summed E-state index contributed by atoms with van der Waals surface area (Å²) in [6.07, 6.45) is 7.95. The molecule has 0 aromatic carbocycles. The molecule has 0 aromatic heterocycles. The van der Waals surface area contributed by atoms with E-state index in [1.807, 2.05) is 0 Å². The van der Waals surface area contributed by atoms with E-state index in [0.29, 0.717) is 0 Å². The Morgan fingerprint density at radius 1 is 1.10 bits per heavy atom. The molecule has 0 saturated heterocycles. The monoisotopic (exact) mass is 136 g/mol. The molecule has 3 unspecified atom stereocenters. The highest BCUT2D eigenvalue weighted by Crippen LogP contribution is 2.71. The molecule has 0 N–H and O–H groups in total. The summed E-state index contributed by atoms with van der Waals surface area (Å²) in [5, 5.41) is 0. The SMILES string of the molecule is CC1CC2C[C@H]3CC3(C1)C2. The summed E-state index contributed by atoms with van der Waals surface area (Å²) in [4.78, 5) is 0. The Morgan fingerprint density at radius 3 is 2.80 bits per heavy atom. The molecule has 0 radical (unpaired) electrons. The summed E-state index contributed by atoms with van der Waals surface area (Å²) in [5.74, 6) is 3.41. The van der Waals surface area contributed by atoms with E-state index in [-0.39, 0.29) is 0 Å². The van der Waals surface area contributed by atoms with Crippen molar-refractivity contribution in [3.63, 3.8) is 0 Å².